The molecule has 3 aromatic carbocycles. The minimum absolute atomic E-state index is 0.135. The number of hydrogen-bond acceptors (Lipinski definition) is 4. The van der Waals surface area contributed by atoms with Gasteiger partial charge in [-0.15, -0.1) is 0 Å². The predicted octanol–water partition coefficient (Wildman–Crippen LogP) is 4.43. The van der Waals surface area contributed by atoms with Crippen molar-refractivity contribution in [3.63, 3.8) is 0 Å². The summed E-state index contributed by atoms with van der Waals surface area (Å²) in [4.78, 5) is 18.1. The number of rotatable bonds is 7. The smallest absolute Gasteiger partial charge is 0.252 e. The Labute approximate surface area is 169 Å². The van der Waals surface area contributed by atoms with Crippen LogP contribution in [0.5, 0.6) is 5.75 Å². The highest BCUT2D eigenvalue weighted by Gasteiger charge is 2.43. The summed E-state index contributed by atoms with van der Waals surface area (Å²) >= 11 is 0. The molecule has 1 heterocycles. The minimum Gasteiger partial charge on any atom is -0.461 e. The van der Waals surface area contributed by atoms with Crippen molar-refractivity contribution < 1.29 is 9.53 Å². The van der Waals surface area contributed by atoms with Crippen LogP contribution in [0.25, 0.3) is 0 Å². The van der Waals surface area contributed by atoms with Crippen molar-refractivity contribution in [2.24, 2.45) is 0 Å². The Kier molecular flexibility index (Phi) is 5.20. The Bertz CT molecular complexity index is 1010. The van der Waals surface area contributed by atoms with Crippen molar-refractivity contribution in [1.29, 1.82) is 0 Å². The molecule has 0 saturated carbocycles. The zero-order chi connectivity index (χ0) is 20.1. The van der Waals surface area contributed by atoms with E-state index in [1.807, 2.05) is 97.9 Å². The van der Waals surface area contributed by atoms with Crippen LogP contribution in [-0.2, 0) is 10.2 Å². The minimum atomic E-state index is -0.967. The molecular formula is C24H21N3O2. The van der Waals surface area contributed by atoms with Gasteiger partial charge in [-0.25, -0.2) is 9.67 Å². The third kappa shape index (κ3) is 3.67. The Hall–Kier alpha value is -3.73. The van der Waals surface area contributed by atoms with E-state index in [9.17, 15) is 4.79 Å². The number of carbonyl (C=O) groups is 1. The molecule has 144 valence electrons. The number of carbonyl (C=O) groups excluding carboxylic acids is 1. The number of aromatic nitrogens is 3. The number of Topliss-reactive ketones (excluding diaryl/α,β-unsaturated/α-hetero) is 1. The summed E-state index contributed by atoms with van der Waals surface area (Å²) in [6.45, 7) is 1.93. The van der Waals surface area contributed by atoms with Gasteiger partial charge in [0.25, 0.3) is 6.23 Å². The molecule has 1 atom stereocenters. The van der Waals surface area contributed by atoms with Crippen molar-refractivity contribution in [3.05, 3.63) is 115 Å². The number of hydrogen-bond donors (Lipinski definition) is 0. The maximum atomic E-state index is 14.1. The lowest BCUT2D eigenvalue weighted by atomic mass is 9.72. The molecule has 0 saturated heterocycles. The molecule has 0 radical (unpaired) electrons. The van der Waals surface area contributed by atoms with E-state index in [4.69, 9.17) is 4.74 Å². The molecule has 29 heavy (non-hydrogen) atoms. The van der Waals surface area contributed by atoms with Gasteiger partial charge in [-0.05, 0) is 30.2 Å². The van der Waals surface area contributed by atoms with Gasteiger partial charge in [0.05, 0.1) is 5.41 Å². The lowest BCUT2D eigenvalue weighted by molar-refractivity contribution is -0.134. The fourth-order valence-corrected chi connectivity index (χ4v) is 3.44. The van der Waals surface area contributed by atoms with E-state index < -0.39 is 11.6 Å². The van der Waals surface area contributed by atoms with Gasteiger partial charge in [-0.3, -0.25) is 4.79 Å². The molecule has 4 rings (SSSR count). The zero-order valence-electron chi connectivity index (χ0n) is 16.1. The Morgan fingerprint density at radius 2 is 1.38 bits per heavy atom. The van der Waals surface area contributed by atoms with Crippen molar-refractivity contribution in [2.45, 2.75) is 18.6 Å². The summed E-state index contributed by atoms with van der Waals surface area (Å²) < 4.78 is 7.58. The lowest BCUT2D eigenvalue weighted by Crippen LogP contribution is -2.42. The summed E-state index contributed by atoms with van der Waals surface area (Å²) in [6, 6.07) is 28.8. The fourth-order valence-electron chi connectivity index (χ4n) is 3.44. The van der Waals surface area contributed by atoms with Crippen LogP contribution in [0.2, 0.25) is 0 Å². The van der Waals surface area contributed by atoms with E-state index in [0.717, 1.165) is 11.1 Å². The summed E-state index contributed by atoms with van der Waals surface area (Å²) in [5.41, 5.74) is 0.837. The quantitative estimate of drug-likeness (QED) is 0.474. The molecule has 0 aliphatic heterocycles. The van der Waals surface area contributed by atoms with Gasteiger partial charge in [-0.1, -0.05) is 78.9 Å². The SMILES string of the molecule is CC(C(=O)C(Oc1ccccc1)n1cncn1)(c1ccccc1)c1ccccc1. The Morgan fingerprint density at radius 3 is 1.86 bits per heavy atom. The number of ketones is 1. The van der Waals surface area contributed by atoms with Gasteiger partial charge >= 0.3 is 0 Å². The van der Waals surface area contributed by atoms with Gasteiger partial charge < -0.3 is 4.74 Å². The third-order valence-corrected chi connectivity index (χ3v) is 5.09. The van der Waals surface area contributed by atoms with Crippen LogP contribution < -0.4 is 4.74 Å². The Balaban J connectivity index is 1.83. The van der Waals surface area contributed by atoms with Crippen LogP contribution in [0, 0.1) is 0 Å². The first-order valence-electron chi connectivity index (χ1n) is 9.41. The van der Waals surface area contributed by atoms with Crippen molar-refractivity contribution >= 4 is 5.78 Å². The van der Waals surface area contributed by atoms with Crippen LogP contribution in [-0.4, -0.2) is 20.5 Å². The average molecular weight is 383 g/mol. The van der Waals surface area contributed by atoms with Crippen molar-refractivity contribution in [1.82, 2.24) is 14.8 Å². The van der Waals surface area contributed by atoms with Gasteiger partial charge in [0, 0.05) is 0 Å². The van der Waals surface area contributed by atoms with Crippen LogP contribution in [0.15, 0.2) is 104 Å². The molecule has 0 bridgehead atoms. The van der Waals surface area contributed by atoms with Crippen LogP contribution in [0.3, 0.4) is 0 Å². The summed E-state index contributed by atoms with van der Waals surface area (Å²) in [5.74, 6) is 0.453. The van der Waals surface area contributed by atoms with Crippen LogP contribution >= 0.6 is 0 Å². The zero-order valence-corrected chi connectivity index (χ0v) is 16.1. The molecule has 1 aromatic heterocycles. The normalized spacial score (nSPS) is 12.3. The van der Waals surface area contributed by atoms with Crippen LogP contribution in [0.4, 0.5) is 0 Å². The Morgan fingerprint density at radius 1 is 0.862 bits per heavy atom. The van der Waals surface area contributed by atoms with E-state index in [2.05, 4.69) is 10.1 Å². The molecular weight excluding hydrogens is 362 g/mol. The molecule has 0 fully saturated rings. The molecule has 0 amide bonds. The third-order valence-electron chi connectivity index (χ3n) is 5.09. The second-order valence-corrected chi connectivity index (χ2v) is 6.88. The highest BCUT2D eigenvalue weighted by molar-refractivity contribution is 5.95. The summed E-state index contributed by atoms with van der Waals surface area (Å²) in [7, 11) is 0. The first kappa shape index (κ1) is 18.6. The highest BCUT2D eigenvalue weighted by Crippen LogP contribution is 2.37. The standard InChI is InChI=1S/C24H21N3O2/c1-24(19-11-5-2-6-12-19,20-13-7-3-8-14-20)22(28)23(27-18-25-17-26-27)29-21-15-9-4-10-16-21/h2-18,23H,1H3. The number of ether oxygens (including phenoxy) is 1. The average Bonchev–Trinajstić information content (AvgIpc) is 3.33. The molecule has 0 N–H and O–H groups in total. The lowest BCUT2D eigenvalue weighted by Gasteiger charge is -2.33. The van der Waals surface area contributed by atoms with Gasteiger partial charge in [-0.2, -0.15) is 5.10 Å². The topological polar surface area (TPSA) is 57.0 Å². The largest absolute Gasteiger partial charge is 0.461 e. The predicted molar refractivity (Wildman–Crippen MR) is 110 cm³/mol. The summed E-state index contributed by atoms with van der Waals surface area (Å²) in [6.07, 6.45) is 1.93. The molecule has 0 spiro atoms. The molecule has 4 aromatic rings. The molecule has 1 unspecified atom stereocenters. The maximum Gasteiger partial charge on any atom is 0.252 e. The first-order valence-corrected chi connectivity index (χ1v) is 9.41. The van der Waals surface area contributed by atoms with E-state index >= 15 is 0 Å². The first-order chi connectivity index (χ1) is 14.2. The van der Waals surface area contributed by atoms with E-state index in [1.165, 1.54) is 17.3 Å². The van der Waals surface area contributed by atoms with E-state index in [1.54, 1.807) is 0 Å². The van der Waals surface area contributed by atoms with Crippen molar-refractivity contribution in [3.8, 4) is 5.75 Å². The number of para-hydroxylation sites is 1. The van der Waals surface area contributed by atoms with Gasteiger partial charge in [0.2, 0.25) is 5.78 Å². The van der Waals surface area contributed by atoms with E-state index in [0.29, 0.717) is 5.75 Å². The number of nitrogens with zero attached hydrogens (tertiary/aromatic N) is 3. The molecule has 5 heteroatoms. The number of benzene rings is 3. The summed E-state index contributed by atoms with van der Waals surface area (Å²) in [5, 5.41) is 4.19. The fraction of sp³-hybridized carbons (Fsp3) is 0.125. The van der Waals surface area contributed by atoms with E-state index in [-0.39, 0.29) is 5.78 Å². The van der Waals surface area contributed by atoms with Crippen LogP contribution in [0.1, 0.15) is 24.3 Å². The molecule has 0 aliphatic carbocycles. The molecule has 0 aliphatic rings. The maximum absolute atomic E-state index is 14.1. The monoisotopic (exact) mass is 383 g/mol. The second kappa shape index (κ2) is 8.10. The highest BCUT2D eigenvalue weighted by atomic mass is 16.5. The second-order valence-electron chi connectivity index (χ2n) is 6.88. The van der Waals surface area contributed by atoms with Gasteiger partial charge in [0.15, 0.2) is 0 Å². The van der Waals surface area contributed by atoms with Gasteiger partial charge in [0.1, 0.15) is 18.4 Å². The molecule has 5 nitrogen and oxygen atoms in total. The van der Waals surface area contributed by atoms with Crippen molar-refractivity contribution in [2.75, 3.05) is 0 Å².